The van der Waals surface area contributed by atoms with Crippen LogP contribution in [0.2, 0.25) is 36.3 Å². The normalized spacial score (nSPS) is 34.2. The second kappa shape index (κ2) is 13.1. The minimum Gasteiger partial charge on any atom is -0.413 e. The fourth-order valence-corrected chi connectivity index (χ4v) is 10.6. The molecule has 5 heteroatoms. The molecule has 0 bridgehead atoms. The van der Waals surface area contributed by atoms with Gasteiger partial charge in [-0.2, -0.15) is 0 Å². The number of aliphatic hydroxyl groups excluding tert-OH is 1. The third kappa shape index (κ3) is 7.86. The Morgan fingerprint density at radius 3 is 2.11 bits per heavy atom. The van der Waals surface area contributed by atoms with Gasteiger partial charge in [0, 0.05) is 6.42 Å². The fourth-order valence-electron chi connectivity index (χ4n) is 7.93. The quantitative estimate of drug-likeness (QED) is 0.201. The molecule has 0 amide bonds. The van der Waals surface area contributed by atoms with Gasteiger partial charge in [-0.15, -0.1) is 0 Å². The van der Waals surface area contributed by atoms with Gasteiger partial charge < -0.3 is 14.0 Å². The summed E-state index contributed by atoms with van der Waals surface area (Å²) >= 11 is 0. The van der Waals surface area contributed by atoms with Crippen molar-refractivity contribution in [3.8, 4) is 0 Å². The maximum atomic E-state index is 10.5. The summed E-state index contributed by atoms with van der Waals surface area (Å²) in [5.74, 6) is 2.35. The van der Waals surface area contributed by atoms with Crippen LogP contribution in [0.1, 0.15) is 113 Å². The second-order valence-electron chi connectivity index (χ2n) is 18.4. The van der Waals surface area contributed by atoms with Gasteiger partial charge in [0.15, 0.2) is 16.6 Å². The van der Waals surface area contributed by atoms with Gasteiger partial charge in [0.05, 0.1) is 18.3 Å². The van der Waals surface area contributed by atoms with E-state index in [0.717, 1.165) is 12.8 Å². The molecule has 0 aromatic rings. The summed E-state index contributed by atoms with van der Waals surface area (Å²) in [5, 5.41) is 10.8. The number of allylic oxidation sites excluding steroid dienone is 4. The maximum Gasteiger partial charge on any atom is 0.192 e. The van der Waals surface area contributed by atoms with Gasteiger partial charge in [-0.25, -0.2) is 0 Å². The molecule has 7 atom stereocenters. The van der Waals surface area contributed by atoms with Crippen LogP contribution in [0.15, 0.2) is 47.6 Å². The topological polar surface area (TPSA) is 38.7 Å². The van der Waals surface area contributed by atoms with Crippen molar-refractivity contribution in [3.05, 3.63) is 47.6 Å². The molecule has 44 heavy (non-hydrogen) atoms. The Labute approximate surface area is 274 Å². The number of rotatable bonds is 9. The first-order valence-corrected chi connectivity index (χ1v) is 23.8. The third-order valence-electron chi connectivity index (χ3n) is 13.1. The lowest BCUT2D eigenvalue weighted by atomic mass is 9.61. The highest BCUT2D eigenvalue weighted by Gasteiger charge is 2.50. The van der Waals surface area contributed by atoms with Crippen LogP contribution in [-0.2, 0) is 8.85 Å². The van der Waals surface area contributed by atoms with Crippen molar-refractivity contribution in [2.24, 2.45) is 29.1 Å². The van der Waals surface area contributed by atoms with E-state index in [2.05, 4.69) is 112 Å². The van der Waals surface area contributed by atoms with E-state index in [0.29, 0.717) is 29.1 Å². The first-order chi connectivity index (χ1) is 20.2. The summed E-state index contributed by atoms with van der Waals surface area (Å²) in [5.41, 5.74) is 4.49. The van der Waals surface area contributed by atoms with Crippen LogP contribution < -0.4 is 0 Å². The van der Waals surface area contributed by atoms with Crippen molar-refractivity contribution in [2.75, 3.05) is 0 Å². The molecule has 250 valence electrons. The van der Waals surface area contributed by atoms with Crippen LogP contribution in [0, 0.1) is 29.1 Å². The van der Waals surface area contributed by atoms with Crippen LogP contribution in [0.5, 0.6) is 0 Å². The molecule has 0 aromatic carbocycles. The largest absolute Gasteiger partial charge is 0.413 e. The zero-order valence-electron chi connectivity index (χ0n) is 30.7. The summed E-state index contributed by atoms with van der Waals surface area (Å²) in [6.07, 6.45) is 19.9. The lowest BCUT2D eigenvalue weighted by Crippen LogP contribution is -2.49. The van der Waals surface area contributed by atoms with Crippen LogP contribution in [0.4, 0.5) is 0 Å². The predicted molar refractivity (Wildman–Crippen MR) is 194 cm³/mol. The van der Waals surface area contributed by atoms with E-state index in [1.807, 2.05) is 0 Å². The Morgan fingerprint density at radius 1 is 0.909 bits per heavy atom. The van der Waals surface area contributed by atoms with Crippen molar-refractivity contribution in [1.82, 2.24) is 0 Å². The average Bonchev–Trinajstić information content (AvgIpc) is 3.68. The average molecular weight is 641 g/mol. The Hall–Kier alpha value is -0.726. The van der Waals surface area contributed by atoms with Crippen molar-refractivity contribution in [1.29, 1.82) is 0 Å². The summed E-state index contributed by atoms with van der Waals surface area (Å²) in [7, 11) is -3.90. The highest BCUT2D eigenvalue weighted by Crippen LogP contribution is 2.59. The highest BCUT2D eigenvalue weighted by atomic mass is 28.4. The SMILES string of the molecule is C=C1/C(=C\C=C2/CCC[C@]3(C)[C@@H]2CC[C@H]3[C@@H](C)/C=C/[C@H](O)C2CC2)C[C@H](O[Si](C)(C)C(C)(C)C)C[C@H]1O[Si](C)(C)C(C)(C)C. The van der Waals surface area contributed by atoms with Gasteiger partial charge in [0.2, 0.25) is 0 Å². The van der Waals surface area contributed by atoms with Crippen LogP contribution in [0.25, 0.3) is 0 Å². The fraction of sp³-hybridized carbons (Fsp3) is 0.795. The number of hydrogen-bond donors (Lipinski definition) is 1. The molecule has 0 aliphatic heterocycles. The Balaban J connectivity index is 1.57. The maximum absolute atomic E-state index is 10.5. The van der Waals surface area contributed by atoms with Crippen molar-refractivity contribution >= 4 is 16.6 Å². The first kappa shape index (κ1) is 36.1. The van der Waals surface area contributed by atoms with Gasteiger partial charge >= 0.3 is 0 Å². The summed E-state index contributed by atoms with van der Waals surface area (Å²) in [4.78, 5) is 0. The molecule has 1 N–H and O–H groups in total. The zero-order valence-corrected chi connectivity index (χ0v) is 32.7. The number of hydrogen-bond acceptors (Lipinski definition) is 3. The van der Waals surface area contributed by atoms with Gasteiger partial charge in [-0.3, -0.25) is 0 Å². The molecule has 4 aliphatic carbocycles. The van der Waals surface area contributed by atoms with Gasteiger partial charge in [-0.05, 0) is 128 Å². The molecular formula is C39H68O3Si2. The standard InChI is InChI=1S/C39H68O3Si2/c1-27(16-23-35(40)30-18-19-30)33-21-22-34-29(15-14-24-39(33,34)9)17-20-31-25-32(41-43(10,11)37(3,4)5)26-36(28(31)2)42-44(12,13)38(6,7)8/h16-17,20,23,27,30,32-36,40H,2,14-15,18-19,21-22,24-26H2,1,3-13H3/b23-16+,29-17+,31-20-/t27-,32-,33-,34+,35-,36+,39-/m0/s1. The molecule has 0 unspecified atom stereocenters. The van der Waals surface area contributed by atoms with Gasteiger partial charge in [0.1, 0.15) is 0 Å². The molecule has 4 rings (SSSR count). The lowest BCUT2D eigenvalue weighted by molar-refractivity contribution is 0.0969. The van der Waals surface area contributed by atoms with Gasteiger partial charge in [-0.1, -0.05) is 91.8 Å². The predicted octanol–water partition coefficient (Wildman–Crippen LogP) is 11.1. The minimum atomic E-state index is -1.98. The van der Waals surface area contributed by atoms with E-state index in [9.17, 15) is 5.11 Å². The van der Waals surface area contributed by atoms with Crippen LogP contribution in [0.3, 0.4) is 0 Å². The van der Waals surface area contributed by atoms with E-state index in [-0.39, 0.29) is 28.4 Å². The van der Waals surface area contributed by atoms with E-state index >= 15 is 0 Å². The zero-order chi connectivity index (χ0) is 32.9. The molecule has 0 spiro atoms. The van der Waals surface area contributed by atoms with Crippen LogP contribution >= 0.6 is 0 Å². The summed E-state index contributed by atoms with van der Waals surface area (Å²) < 4.78 is 14.2. The summed E-state index contributed by atoms with van der Waals surface area (Å²) in [6.45, 7) is 33.2. The smallest absolute Gasteiger partial charge is 0.192 e. The Bertz CT molecular complexity index is 1130. The molecule has 4 fully saturated rings. The van der Waals surface area contributed by atoms with E-state index < -0.39 is 16.6 Å². The third-order valence-corrected chi connectivity index (χ3v) is 22.1. The number of aliphatic hydroxyl groups is 1. The molecule has 4 saturated carbocycles. The molecule has 3 nitrogen and oxygen atoms in total. The Morgan fingerprint density at radius 2 is 1.52 bits per heavy atom. The van der Waals surface area contributed by atoms with Crippen LogP contribution in [-0.4, -0.2) is 40.1 Å². The summed E-state index contributed by atoms with van der Waals surface area (Å²) in [6, 6.07) is 0. The van der Waals surface area contributed by atoms with Crippen molar-refractivity contribution in [2.45, 2.75) is 168 Å². The second-order valence-corrected chi connectivity index (χ2v) is 27.9. The number of fused-ring (bicyclic) bond motifs is 1. The van der Waals surface area contributed by atoms with E-state index in [1.54, 1.807) is 5.57 Å². The first-order valence-electron chi connectivity index (χ1n) is 18.0. The van der Waals surface area contributed by atoms with Crippen molar-refractivity contribution < 1.29 is 14.0 Å². The molecule has 0 heterocycles. The van der Waals surface area contributed by atoms with E-state index in [4.69, 9.17) is 8.85 Å². The van der Waals surface area contributed by atoms with Crippen molar-refractivity contribution in [3.63, 3.8) is 0 Å². The lowest BCUT2D eigenvalue weighted by Gasteiger charge is -2.45. The molecule has 0 aromatic heterocycles. The highest BCUT2D eigenvalue weighted by molar-refractivity contribution is 6.74. The monoisotopic (exact) mass is 640 g/mol. The molecule has 0 radical (unpaired) electrons. The molecule has 4 aliphatic rings. The van der Waals surface area contributed by atoms with Gasteiger partial charge in [0.25, 0.3) is 0 Å². The van der Waals surface area contributed by atoms with E-state index in [1.165, 1.54) is 56.1 Å². The molecular weight excluding hydrogens is 573 g/mol. The minimum absolute atomic E-state index is 0.0233. The Kier molecular flexibility index (Phi) is 10.7. The molecule has 0 saturated heterocycles.